The molecule has 7 heteroatoms. The van der Waals surface area contributed by atoms with Gasteiger partial charge in [-0.1, -0.05) is 18.2 Å². The van der Waals surface area contributed by atoms with Crippen molar-refractivity contribution < 1.29 is 19.6 Å². The molecule has 0 saturated carbocycles. The molecule has 0 saturated heterocycles. The van der Waals surface area contributed by atoms with Gasteiger partial charge in [0.05, 0.1) is 4.92 Å². The summed E-state index contributed by atoms with van der Waals surface area (Å²) < 4.78 is 5.10. The number of hydrogen-bond acceptors (Lipinski definition) is 5. The highest BCUT2D eigenvalue weighted by Gasteiger charge is 2.21. The molecule has 0 aliphatic carbocycles. The molecule has 126 valence electrons. The Bertz CT molecular complexity index is 764. The standard InChI is InChI=1S/C17H18N2O5/c1-17(2,3)24-16(21)18-14-9-6-12(10-15(14)19(22)23)11-4-7-13(20)8-5-11/h4-10,20H,1-3H3,(H,18,21). The van der Waals surface area contributed by atoms with Gasteiger partial charge in [-0.15, -0.1) is 0 Å². The molecule has 24 heavy (non-hydrogen) atoms. The number of nitro groups is 1. The van der Waals surface area contributed by atoms with Crippen LogP contribution in [0.1, 0.15) is 20.8 Å². The van der Waals surface area contributed by atoms with E-state index in [0.29, 0.717) is 11.1 Å². The number of benzene rings is 2. The number of ether oxygens (including phenoxy) is 1. The summed E-state index contributed by atoms with van der Waals surface area (Å²) in [6, 6.07) is 10.7. The summed E-state index contributed by atoms with van der Waals surface area (Å²) in [5.41, 5.74) is 0.407. The maximum Gasteiger partial charge on any atom is 0.412 e. The van der Waals surface area contributed by atoms with Crippen molar-refractivity contribution >= 4 is 17.5 Å². The lowest BCUT2D eigenvalue weighted by atomic mass is 10.0. The van der Waals surface area contributed by atoms with Crippen molar-refractivity contribution in [3.63, 3.8) is 0 Å². The summed E-state index contributed by atoms with van der Waals surface area (Å²) in [6.45, 7) is 5.11. The van der Waals surface area contributed by atoms with Crippen molar-refractivity contribution in [3.05, 3.63) is 52.6 Å². The molecule has 0 aliphatic rings. The summed E-state index contributed by atoms with van der Waals surface area (Å²) >= 11 is 0. The van der Waals surface area contributed by atoms with Crippen LogP contribution in [0.2, 0.25) is 0 Å². The number of amides is 1. The van der Waals surface area contributed by atoms with Crippen LogP contribution in [0.5, 0.6) is 5.75 Å². The van der Waals surface area contributed by atoms with Crippen molar-refractivity contribution in [2.24, 2.45) is 0 Å². The zero-order valence-electron chi connectivity index (χ0n) is 13.6. The lowest BCUT2D eigenvalue weighted by molar-refractivity contribution is -0.383. The molecule has 0 heterocycles. The van der Waals surface area contributed by atoms with Gasteiger partial charge < -0.3 is 9.84 Å². The minimum absolute atomic E-state index is 0.0526. The largest absolute Gasteiger partial charge is 0.508 e. The maximum atomic E-state index is 11.8. The molecule has 0 bridgehead atoms. The second-order valence-corrected chi connectivity index (χ2v) is 6.16. The van der Waals surface area contributed by atoms with Crippen LogP contribution < -0.4 is 5.32 Å². The molecule has 0 radical (unpaired) electrons. The third kappa shape index (κ3) is 4.45. The highest BCUT2D eigenvalue weighted by atomic mass is 16.6. The van der Waals surface area contributed by atoms with Gasteiger partial charge in [-0.25, -0.2) is 4.79 Å². The van der Waals surface area contributed by atoms with Crippen molar-refractivity contribution in [1.29, 1.82) is 0 Å². The van der Waals surface area contributed by atoms with E-state index in [0.717, 1.165) is 0 Å². The molecule has 0 unspecified atom stereocenters. The van der Waals surface area contributed by atoms with Gasteiger partial charge in [0, 0.05) is 6.07 Å². The van der Waals surface area contributed by atoms with Crippen molar-refractivity contribution in [1.82, 2.24) is 0 Å². The number of aromatic hydroxyl groups is 1. The molecule has 2 aromatic carbocycles. The van der Waals surface area contributed by atoms with Gasteiger partial charge in [0.1, 0.15) is 17.0 Å². The summed E-state index contributed by atoms with van der Waals surface area (Å²) in [7, 11) is 0. The number of nitrogens with one attached hydrogen (secondary N) is 1. The predicted octanol–water partition coefficient (Wildman–Crippen LogP) is 4.31. The van der Waals surface area contributed by atoms with Crippen molar-refractivity contribution in [2.75, 3.05) is 5.32 Å². The zero-order chi connectivity index (χ0) is 17.9. The Hall–Kier alpha value is -3.09. The van der Waals surface area contributed by atoms with Crippen LogP contribution in [0.15, 0.2) is 42.5 Å². The molecular weight excluding hydrogens is 312 g/mol. The third-order valence-electron chi connectivity index (χ3n) is 3.03. The van der Waals surface area contributed by atoms with E-state index in [9.17, 15) is 20.0 Å². The molecular formula is C17H18N2O5. The second-order valence-electron chi connectivity index (χ2n) is 6.16. The number of phenols is 1. The molecule has 1 amide bonds. The van der Waals surface area contributed by atoms with E-state index in [2.05, 4.69) is 5.32 Å². The van der Waals surface area contributed by atoms with E-state index in [4.69, 9.17) is 4.74 Å². The lowest BCUT2D eigenvalue weighted by Gasteiger charge is -2.19. The van der Waals surface area contributed by atoms with Crippen LogP contribution in [0.4, 0.5) is 16.2 Å². The first-order valence-corrected chi connectivity index (χ1v) is 7.23. The fourth-order valence-electron chi connectivity index (χ4n) is 2.04. The number of anilines is 1. The Morgan fingerprint density at radius 2 is 1.71 bits per heavy atom. The third-order valence-corrected chi connectivity index (χ3v) is 3.03. The first kappa shape index (κ1) is 17.3. The van der Waals surface area contributed by atoms with E-state index >= 15 is 0 Å². The normalized spacial score (nSPS) is 11.0. The molecule has 0 atom stereocenters. The van der Waals surface area contributed by atoms with E-state index in [1.165, 1.54) is 24.3 Å². The van der Waals surface area contributed by atoms with Gasteiger partial charge >= 0.3 is 6.09 Å². The molecule has 2 N–H and O–H groups in total. The summed E-state index contributed by atoms with van der Waals surface area (Å²) in [5.74, 6) is 0.108. The molecule has 2 rings (SSSR count). The van der Waals surface area contributed by atoms with Crippen LogP contribution in [-0.4, -0.2) is 21.7 Å². The minimum Gasteiger partial charge on any atom is -0.508 e. The van der Waals surface area contributed by atoms with Crippen molar-refractivity contribution in [2.45, 2.75) is 26.4 Å². The Morgan fingerprint density at radius 1 is 1.12 bits per heavy atom. The van der Waals surface area contributed by atoms with Gasteiger partial charge in [-0.3, -0.25) is 15.4 Å². The SMILES string of the molecule is CC(C)(C)OC(=O)Nc1ccc(-c2ccc(O)cc2)cc1[N+](=O)[O-]. The zero-order valence-corrected chi connectivity index (χ0v) is 13.6. The average Bonchev–Trinajstić information content (AvgIpc) is 2.46. The quantitative estimate of drug-likeness (QED) is 0.645. The number of carbonyl (C=O) groups is 1. The number of carbonyl (C=O) groups excluding carboxylic acids is 1. The molecule has 0 aliphatic heterocycles. The highest BCUT2D eigenvalue weighted by molar-refractivity contribution is 5.89. The van der Waals surface area contributed by atoms with Gasteiger partial charge in [0.25, 0.3) is 5.69 Å². The van der Waals surface area contributed by atoms with Crippen molar-refractivity contribution in [3.8, 4) is 16.9 Å². The van der Waals surface area contributed by atoms with Gasteiger partial charge in [0.2, 0.25) is 0 Å². The first-order chi connectivity index (χ1) is 11.2. The van der Waals surface area contributed by atoms with Crippen LogP contribution in [0, 0.1) is 10.1 Å². The maximum absolute atomic E-state index is 11.8. The number of rotatable bonds is 3. The number of nitrogens with zero attached hydrogens (tertiary/aromatic N) is 1. The van der Waals surface area contributed by atoms with E-state index < -0.39 is 16.6 Å². The molecule has 0 fully saturated rings. The fourth-order valence-corrected chi connectivity index (χ4v) is 2.04. The Balaban J connectivity index is 2.32. The predicted molar refractivity (Wildman–Crippen MR) is 90.1 cm³/mol. The van der Waals surface area contributed by atoms with Gasteiger partial charge in [0.15, 0.2) is 0 Å². The van der Waals surface area contributed by atoms with Crippen LogP contribution in [-0.2, 0) is 4.74 Å². The molecule has 2 aromatic rings. The summed E-state index contributed by atoms with van der Waals surface area (Å²) in [5, 5.41) is 23.0. The number of nitro benzene ring substituents is 1. The lowest BCUT2D eigenvalue weighted by Crippen LogP contribution is -2.27. The topological polar surface area (TPSA) is 102 Å². The Labute approximate surface area is 139 Å². The van der Waals surface area contributed by atoms with Crippen LogP contribution >= 0.6 is 0 Å². The fraction of sp³-hybridized carbons (Fsp3) is 0.235. The summed E-state index contributed by atoms with van der Waals surface area (Å²) in [4.78, 5) is 22.5. The molecule has 0 aromatic heterocycles. The number of hydrogen-bond donors (Lipinski definition) is 2. The Kier molecular flexibility index (Phi) is 4.73. The highest BCUT2D eigenvalue weighted by Crippen LogP contribution is 2.31. The monoisotopic (exact) mass is 330 g/mol. The van der Waals surface area contributed by atoms with E-state index in [-0.39, 0.29) is 17.1 Å². The summed E-state index contributed by atoms with van der Waals surface area (Å²) in [6.07, 6.45) is -0.761. The van der Waals surface area contributed by atoms with Crippen LogP contribution in [0.3, 0.4) is 0 Å². The van der Waals surface area contributed by atoms with E-state index in [1.807, 2.05) is 0 Å². The average molecular weight is 330 g/mol. The minimum atomic E-state index is -0.761. The Morgan fingerprint density at radius 3 is 2.25 bits per heavy atom. The molecule has 0 spiro atoms. The second kappa shape index (κ2) is 6.57. The number of phenolic OH excluding ortho intramolecular Hbond substituents is 1. The smallest absolute Gasteiger partial charge is 0.412 e. The van der Waals surface area contributed by atoms with E-state index in [1.54, 1.807) is 39.0 Å². The van der Waals surface area contributed by atoms with Crippen LogP contribution in [0.25, 0.3) is 11.1 Å². The first-order valence-electron chi connectivity index (χ1n) is 7.23. The van der Waals surface area contributed by atoms with Gasteiger partial charge in [-0.2, -0.15) is 0 Å². The van der Waals surface area contributed by atoms with Gasteiger partial charge in [-0.05, 0) is 50.1 Å². The molecule has 7 nitrogen and oxygen atoms in total.